The molecule has 3 aromatic rings. The number of likely N-dealkylation sites (tertiary alicyclic amines) is 1. The molecular formula is C23H25N5O4. The normalized spacial score (nSPS) is 14.1. The van der Waals surface area contributed by atoms with Gasteiger partial charge >= 0.3 is 0 Å². The fourth-order valence-corrected chi connectivity index (χ4v) is 3.73. The van der Waals surface area contributed by atoms with Crippen molar-refractivity contribution in [2.24, 2.45) is 5.92 Å². The van der Waals surface area contributed by atoms with Crippen LogP contribution in [0.4, 0.5) is 5.69 Å². The first-order chi connectivity index (χ1) is 15.6. The van der Waals surface area contributed by atoms with E-state index in [1.807, 2.05) is 12.1 Å². The number of nitrogens with zero attached hydrogens (tertiary/aromatic N) is 3. The third-order valence-electron chi connectivity index (χ3n) is 5.54. The molecule has 0 saturated carbocycles. The van der Waals surface area contributed by atoms with Crippen LogP contribution in [0.15, 0.2) is 48.8 Å². The molecular weight excluding hydrogens is 410 g/mol. The van der Waals surface area contributed by atoms with E-state index in [1.165, 1.54) is 0 Å². The summed E-state index contributed by atoms with van der Waals surface area (Å²) < 4.78 is 10.5. The summed E-state index contributed by atoms with van der Waals surface area (Å²) >= 11 is 0. The fraction of sp³-hybridized carbons (Fsp3) is 0.304. The van der Waals surface area contributed by atoms with E-state index in [4.69, 9.17) is 9.47 Å². The second-order valence-corrected chi connectivity index (χ2v) is 7.57. The van der Waals surface area contributed by atoms with Crippen LogP contribution in [0.25, 0.3) is 11.3 Å². The molecule has 9 nitrogen and oxygen atoms in total. The number of aromatic nitrogens is 3. The van der Waals surface area contributed by atoms with Gasteiger partial charge in [-0.05, 0) is 31.0 Å². The van der Waals surface area contributed by atoms with Crippen LogP contribution in [-0.2, 0) is 4.79 Å². The van der Waals surface area contributed by atoms with E-state index < -0.39 is 0 Å². The van der Waals surface area contributed by atoms with Gasteiger partial charge in [-0.25, -0.2) is 0 Å². The molecule has 3 heterocycles. The molecule has 32 heavy (non-hydrogen) atoms. The Labute approximate surface area is 185 Å². The SMILES string of the molecule is COc1cc(NC(=O)C2CCN(C(=O)c3cc(-c4cccnc4)n[nH]3)CC2)cc(OC)c1. The van der Waals surface area contributed by atoms with Gasteiger partial charge in [-0.3, -0.25) is 19.7 Å². The van der Waals surface area contributed by atoms with Gasteiger partial charge < -0.3 is 19.7 Å². The van der Waals surface area contributed by atoms with Crippen molar-refractivity contribution in [3.63, 3.8) is 0 Å². The molecule has 0 aliphatic carbocycles. The van der Waals surface area contributed by atoms with E-state index in [9.17, 15) is 9.59 Å². The molecule has 1 saturated heterocycles. The van der Waals surface area contributed by atoms with Crippen molar-refractivity contribution in [3.8, 4) is 22.8 Å². The van der Waals surface area contributed by atoms with Crippen molar-refractivity contribution >= 4 is 17.5 Å². The quantitative estimate of drug-likeness (QED) is 0.616. The molecule has 1 aliphatic heterocycles. The Morgan fingerprint density at radius 2 is 1.81 bits per heavy atom. The predicted molar refractivity (Wildman–Crippen MR) is 119 cm³/mol. The highest BCUT2D eigenvalue weighted by Gasteiger charge is 2.29. The summed E-state index contributed by atoms with van der Waals surface area (Å²) in [5.74, 6) is 0.830. The minimum Gasteiger partial charge on any atom is -0.497 e. The van der Waals surface area contributed by atoms with Crippen molar-refractivity contribution in [3.05, 3.63) is 54.5 Å². The molecule has 0 bridgehead atoms. The Bertz CT molecular complexity index is 1070. The predicted octanol–water partition coefficient (Wildman–Crippen LogP) is 2.98. The van der Waals surface area contributed by atoms with Crippen molar-refractivity contribution in [2.75, 3.05) is 32.6 Å². The third kappa shape index (κ3) is 4.72. The zero-order valence-electron chi connectivity index (χ0n) is 18.0. The van der Waals surface area contributed by atoms with Gasteiger partial charge in [0, 0.05) is 60.9 Å². The number of nitrogens with one attached hydrogen (secondary N) is 2. The number of amides is 2. The summed E-state index contributed by atoms with van der Waals surface area (Å²) in [6.45, 7) is 0.999. The van der Waals surface area contributed by atoms with Gasteiger partial charge in [0.15, 0.2) is 0 Å². The number of hydrogen-bond donors (Lipinski definition) is 2. The number of hydrogen-bond acceptors (Lipinski definition) is 6. The van der Waals surface area contributed by atoms with Crippen molar-refractivity contribution in [2.45, 2.75) is 12.8 Å². The van der Waals surface area contributed by atoms with Crippen LogP contribution in [-0.4, -0.2) is 59.2 Å². The van der Waals surface area contributed by atoms with E-state index in [2.05, 4.69) is 20.5 Å². The molecule has 0 unspecified atom stereocenters. The third-order valence-corrected chi connectivity index (χ3v) is 5.54. The zero-order chi connectivity index (χ0) is 22.5. The number of aromatic amines is 1. The molecule has 1 fully saturated rings. The Morgan fingerprint density at radius 3 is 2.44 bits per heavy atom. The maximum Gasteiger partial charge on any atom is 0.271 e. The van der Waals surface area contributed by atoms with Crippen molar-refractivity contribution in [1.82, 2.24) is 20.1 Å². The van der Waals surface area contributed by atoms with Gasteiger partial charge in [0.1, 0.15) is 17.2 Å². The number of benzene rings is 1. The minimum absolute atomic E-state index is 0.0761. The minimum atomic E-state index is -0.177. The number of carbonyl (C=O) groups excluding carboxylic acids is 2. The molecule has 1 aromatic carbocycles. The lowest BCUT2D eigenvalue weighted by Crippen LogP contribution is -2.41. The lowest BCUT2D eigenvalue weighted by molar-refractivity contribution is -0.121. The van der Waals surface area contributed by atoms with E-state index in [1.54, 1.807) is 55.8 Å². The molecule has 2 aromatic heterocycles. The van der Waals surface area contributed by atoms with E-state index in [0.717, 1.165) is 5.56 Å². The number of methoxy groups -OCH3 is 2. The largest absolute Gasteiger partial charge is 0.497 e. The van der Waals surface area contributed by atoms with Crippen LogP contribution in [0.1, 0.15) is 23.3 Å². The first-order valence-electron chi connectivity index (χ1n) is 10.4. The van der Waals surface area contributed by atoms with Crippen LogP contribution in [0, 0.1) is 5.92 Å². The van der Waals surface area contributed by atoms with Crippen molar-refractivity contribution < 1.29 is 19.1 Å². The lowest BCUT2D eigenvalue weighted by Gasteiger charge is -2.31. The van der Waals surface area contributed by atoms with Gasteiger partial charge in [0.2, 0.25) is 5.91 Å². The van der Waals surface area contributed by atoms with E-state index in [-0.39, 0.29) is 17.7 Å². The average molecular weight is 435 g/mol. The first-order valence-corrected chi connectivity index (χ1v) is 10.4. The topological polar surface area (TPSA) is 109 Å². The molecule has 1 aliphatic rings. The fourth-order valence-electron chi connectivity index (χ4n) is 3.73. The van der Waals surface area contributed by atoms with Crippen LogP contribution in [0.3, 0.4) is 0 Å². The molecule has 2 N–H and O–H groups in total. The highest BCUT2D eigenvalue weighted by molar-refractivity contribution is 5.95. The standard InChI is InChI=1S/C23H25N5O4/c1-31-18-10-17(11-19(12-18)32-2)25-22(29)15-5-8-28(9-6-15)23(30)21-13-20(26-27-21)16-4-3-7-24-14-16/h3-4,7,10-15H,5-6,8-9H2,1-2H3,(H,25,29)(H,26,27). The Balaban J connectivity index is 1.34. The maximum absolute atomic E-state index is 12.9. The Morgan fingerprint density at radius 1 is 1.09 bits per heavy atom. The first kappa shape index (κ1) is 21.4. The zero-order valence-corrected chi connectivity index (χ0v) is 18.0. The summed E-state index contributed by atoms with van der Waals surface area (Å²) in [6.07, 6.45) is 4.56. The number of ether oxygens (including phenoxy) is 2. The van der Waals surface area contributed by atoms with E-state index in [0.29, 0.717) is 54.5 Å². The number of anilines is 1. The summed E-state index contributed by atoms with van der Waals surface area (Å²) in [5, 5.41) is 9.97. The summed E-state index contributed by atoms with van der Waals surface area (Å²) in [7, 11) is 3.12. The molecule has 4 rings (SSSR count). The summed E-state index contributed by atoms with van der Waals surface area (Å²) in [6, 6.07) is 10.7. The number of carbonyl (C=O) groups is 2. The van der Waals surface area contributed by atoms with Gasteiger partial charge in [-0.2, -0.15) is 5.10 Å². The average Bonchev–Trinajstić information content (AvgIpc) is 3.34. The number of rotatable bonds is 6. The molecule has 166 valence electrons. The Hall–Kier alpha value is -3.88. The van der Waals surface area contributed by atoms with Crippen LogP contribution in [0.5, 0.6) is 11.5 Å². The van der Waals surface area contributed by atoms with Gasteiger partial charge in [0.05, 0.1) is 19.9 Å². The number of H-pyrrole nitrogens is 1. The molecule has 0 spiro atoms. The van der Waals surface area contributed by atoms with Crippen LogP contribution < -0.4 is 14.8 Å². The molecule has 0 atom stereocenters. The summed E-state index contributed by atoms with van der Waals surface area (Å²) in [4.78, 5) is 31.4. The van der Waals surface area contributed by atoms with Gasteiger partial charge in [0.25, 0.3) is 5.91 Å². The highest BCUT2D eigenvalue weighted by atomic mass is 16.5. The maximum atomic E-state index is 12.9. The van der Waals surface area contributed by atoms with Gasteiger partial charge in [-0.15, -0.1) is 0 Å². The van der Waals surface area contributed by atoms with Crippen LogP contribution in [0.2, 0.25) is 0 Å². The van der Waals surface area contributed by atoms with E-state index >= 15 is 0 Å². The lowest BCUT2D eigenvalue weighted by atomic mass is 9.95. The number of piperidine rings is 1. The van der Waals surface area contributed by atoms with Crippen LogP contribution >= 0.6 is 0 Å². The smallest absolute Gasteiger partial charge is 0.271 e. The monoisotopic (exact) mass is 435 g/mol. The van der Waals surface area contributed by atoms with Gasteiger partial charge in [-0.1, -0.05) is 0 Å². The molecule has 9 heteroatoms. The number of pyridine rings is 1. The molecule has 2 amide bonds. The Kier molecular flexibility index (Phi) is 6.34. The highest BCUT2D eigenvalue weighted by Crippen LogP contribution is 2.27. The molecule has 0 radical (unpaired) electrons. The van der Waals surface area contributed by atoms with Crippen molar-refractivity contribution in [1.29, 1.82) is 0 Å². The second-order valence-electron chi connectivity index (χ2n) is 7.57. The summed E-state index contributed by atoms with van der Waals surface area (Å²) in [5.41, 5.74) is 2.55. The second kappa shape index (κ2) is 9.51.